The summed E-state index contributed by atoms with van der Waals surface area (Å²) in [5, 5.41) is 0. The first-order valence-electron chi connectivity index (χ1n) is 7.19. The fourth-order valence-electron chi connectivity index (χ4n) is 1.51. The zero-order valence-corrected chi connectivity index (χ0v) is 7.41. The van der Waals surface area contributed by atoms with Crippen LogP contribution in [0.3, 0.4) is 0 Å². The van der Waals surface area contributed by atoms with E-state index in [1.807, 2.05) is 0 Å². The number of methoxy groups -OCH3 is 2. The molecule has 3 nitrogen and oxygen atoms in total. The fourth-order valence-corrected chi connectivity index (χ4v) is 1.51. The summed E-state index contributed by atoms with van der Waals surface area (Å²) in [6.07, 6.45) is 2.11. The molecule has 0 atom stereocenters. The van der Waals surface area contributed by atoms with Gasteiger partial charge in [-0.3, -0.25) is 4.99 Å². The topological polar surface area (TPSA) is 30.8 Å². The van der Waals surface area contributed by atoms with Crippen molar-refractivity contribution in [2.45, 2.75) is 6.42 Å². The lowest BCUT2D eigenvalue weighted by atomic mass is 10.0. The van der Waals surface area contributed by atoms with Crippen molar-refractivity contribution in [3.8, 4) is 11.5 Å². The molecule has 0 aliphatic carbocycles. The molecule has 0 fully saturated rings. The molecule has 0 amide bonds. The molecule has 1 heterocycles. The number of hydrogen-bond acceptors (Lipinski definition) is 3. The number of ether oxygens (including phenoxy) is 2. The Kier molecular flexibility index (Phi) is 1.15. The molecule has 2 rings (SSSR count). The van der Waals surface area contributed by atoms with E-state index in [0.717, 1.165) is 5.56 Å². The molecule has 0 unspecified atom stereocenters. The Labute approximate surface area is 91.8 Å². The first kappa shape index (κ1) is 4.34. The molecule has 0 bridgehead atoms. The van der Waals surface area contributed by atoms with Crippen LogP contribution in [-0.2, 0) is 6.42 Å². The molecule has 0 radical (unpaired) electrons. The summed E-state index contributed by atoms with van der Waals surface area (Å²) in [6, 6.07) is 3.10. The van der Waals surface area contributed by atoms with Crippen molar-refractivity contribution in [3.05, 3.63) is 23.3 Å². The quantitative estimate of drug-likeness (QED) is 0.722. The Hall–Kier alpha value is -1.51. The van der Waals surface area contributed by atoms with Crippen molar-refractivity contribution in [2.24, 2.45) is 4.99 Å². The van der Waals surface area contributed by atoms with Crippen LogP contribution in [0, 0.1) is 0 Å². The molecular formula is C11H13NO2. The monoisotopic (exact) mass is 197 g/mol. The normalized spacial score (nSPS) is 21.7. The number of hydrogen-bond donors (Lipinski definition) is 0. The maximum Gasteiger partial charge on any atom is 0.169 e. The van der Waals surface area contributed by atoms with Crippen molar-refractivity contribution < 1.29 is 17.7 Å². The van der Waals surface area contributed by atoms with Gasteiger partial charge in [0, 0.05) is 18.3 Å². The second-order valence-corrected chi connectivity index (χ2v) is 2.96. The van der Waals surface area contributed by atoms with Crippen LogP contribution in [-0.4, -0.2) is 26.8 Å². The summed E-state index contributed by atoms with van der Waals surface area (Å²) in [5.74, 6) is -0.240. The maximum absolute atomic E-state index is 7.18. The molecule has 0 saturated carbocycles. The Morgan fingerprint density at radius 3 is 3.14 bits per heavy atom. The van der Waals surface area contributed by atoms with Gasteiger partial charge in [0.1, 0.15) is 0 Å². The lowest BCUT2D eigenvalue weighted by Crippen LogP contribution is -2.06. The molecule has 1 aromatic rings. The molecule has 0 N–H and O–H groups in total. The zero-order chi connectivity index (χ0) is 15.0. The molecular weight excluding hydrogens is 178 g/mol. The summed E-state index contributed by atoms with van der Waals surface area (Å²) in [6.45, 7) is 0.597. The highest BCUT2D eigenvalue weighted by Crippen LogP contribution is 2.33. The van der Waals surface area contributed by atoms with Crippen LogP contribution in [0.1, 0.15) is 19.4 Å². The average Bonchev–Trinajstić information content (AvgIpc) is 2.29. The Morgan fingerprint density at radius 2 is 2.29 bits per heavy atom. The number of fused-ring (bicyclic) bond motifs is 1. The number of aliphatic imine (C=N–C) groups is 1. The smallest absolute Gasteiger partial charge is 0.169 e. The predicted molar refractivity (Wildman–Crippen MR) is 55.7 cm³/mol. The molecule has 1 aliphatic heterocycles. The SMILES string of the molecule is [2H]C([2H])([2H])Oc1ccc2c(c1OC([2H])([2H])[2H])C=NCC2. The molecule has 0 aromatic heterocycles. The summed E-state index contributed by atoms with van der Waals surface area (Å²) in [5.41, 5.74) is 1.30. The van der Waals surface area contributed by atoms with E-state index >= 15 is 0 Å². The van der Waals surface area contributed by atoms with E-state index in [9.17, 15) is 0 Å². The van der Waals surface area contributed by atoms with E-state index in [2.05, 4.69) is 4.99 Å². The number of nitrogens with zero attached hydrogens (tertiary/aromatic N) is 1. The average molecular weight is 197 g/mol. The molecule has 0 saturated heterocycles. The predicted octanol–water partition coefficient (Wildman–Crippen LogP) is 1.68. The fraction of sp³-hybridized carbons (Fsp3) is 0.364. The molecule has 14 heavy (non-hydrogen) atoms. The van der Waals surface area contributed by atoms with Gasteiger partial charge in [0.25, 0.3) is 0 Å². The third-order valence-electron chi connectivity index (χ3n) is 2.19. The van der Waals surface area contributed by atoms with Gasteiger partial charge in [0.2, 0.25) is 0 Å². The van der Waals surface area contributed by atoms with E-state index in [4.69, 9.17) is 17.7 Å². The van der Waals surface area contributed by atoms with Gasteiger partial charge in [-0.15, -0.1) is 0 Å². The third-order valence-corrected chi connectivity index (χ3v) is 2.19. The second kappa shape index (κ2) is 3.70. The van der Waals surface area contributed by atoms with Crippen molar-refractivity contribution in [3.63, 3.8) is 0 Å². The van der Waals surface area contributed by atoms with Gasteiger partial charge in [-0.1, -0.05) is 6.07 Å². The van der Waals surface area contributed by atoms with Crippen molar-refractivity contribution in [1.82, 2.24) is 0 Å². The van der Waals surface area contributed by atoms with Crippen LogP contribution in [0.4, 0.5) is 0 Å². The first-order valence-corrected chi connectivity index (χ1v) is 4.19. The van der Waals surface area contributed by atoms with Gasteiger partial charge in [0.15, 0.2) is 11.5 Å². The summed E-state index contributed by atoms with van der Waals surface area (Å²) in [7, 11) is -5.39. The highest BCUT2D eigenvalue weighted by Gasteiger charge is 2.14. The van der Waals surface area contributed by atoms with Crippen LogP contribution in [0.25, 0.3) is 0 Å². The van der Waals surface area contributed by atoms with E-state index in [1.165, 1.54) is 12.3 Å². The zero-order valence-electron chi connectivity index (χ0n) is 13.4. The minimum atomic E-state index is -2.70. The highest BCUT2D eigenvalue weighted by molar-refractivity contribution is 5.88. The Balaban J connectivity index is 2.49. The highest BCUT2D eigenvalue weighted by atomic mass is 16.5. The molecule has 0 spiro atoms. The third kappa shape index (κ3) is 1.35. The maximum atomic E-state index is 7.18. The lowest BCUT2D eigenvalue weighted by molar-refractivity contribution is 0.354. The Morgan fingerprint density at radius 1 is 1.36 bits per heavy atom. The van der Waals surface area contributed by atoms with Gasteiger partial charge in [-0.2, -0.15) is 0 Å². The van der Waals surface area contributed by atoms with Crippen LogP contribution in [0.2, 0.25) is 0 Å². The summed E-state index contributed by atoms with van der Waals surface area (Å²) in [4.78, 5) is 4.06. The van der Waals surface area contributed by atoms with Crippen LogP contribution in [0.15, 0.2) is 17.1 Å². The van der Waals surface area contributed by atoms with E-state index < -0.39 is 14.1 Å². The summed E-state index contributed by atoms with van der Waals surface area (Å²) >= 11 is 0. The largest absolute Gasteiger partial charge is 0.493 e. The van der Waals surface area contributed by atoms with Gasteiger partial charge in [0.05, 0.1) is 22.3 Å². The van der Waals surface area contributed by atoms with E-state index in [1.54, 1.807) is 6.07 Å². The number of rotatable bonds is 2. The van der Waals surface area contributed by atoms with Crippen LogP contribution < -0.4 is 9.47 Å². The minimum Gasteiger partial charge on any atom is -0.493 e. The summed E-state index contributed by atoms with van der Waals surface area (Å²) < 4.78 is 52.6. The molecule has 1 aromatic carbocycles. The van der Waals surface area contributed by atoms with Crippen molar-refractivity contribution in [1.29, 1.82) is 0 Å². The van der Waals surface area contributed by atoms with Gasteiger partial charge in [-0.05, 0) is 18.1 Å². The molecule has 3 heteroatoms. The number of benzene rings is 1. The lowest BCUT2D eigenvalue weighted by Gasteiger charge is -2.16. The van der Waals surface area contributed by atoms with Gasteiger partial charge in [-0.25, -0.2) is 0 Å². The van der Waals surface area contributed by atoms with E-state index in [0.29, 0.717) is 18.5 Å². The molecule has 1 aliphatic rings. The first-order chi connectivity index (χ1) is 9.16. The van der Waals surface area contributed by atoms with E-state index in [-0.39, 0.29) is 11.5 Å². The van der Waals surface area contributed by atoms with Gasteiger partial charge >= 0.3 is 0 Å². The molecule has 74 valence electrons. The second-order valence-electron chi connectivity index (χ2n) is 2.96. The standard InChI is InChI=1S/C11H13NO2/c1-13-10-4-3-8-5-6-12-7-9(8)11(10)14-2/h3-4,7H,5-6H2,1-2H3/i1D3,2D3. The van der Waals surface area contributed by atoms with Gasteiger partial charge < -0.3 is 9.47 Å². The van der Waals surface area contributed by atoms with Crippen LogP contribution >= 0.6 is 0 Å². The minimum absolute atomic E-state index is 0.109. The van der Waals surface area contributed by atoms with Crippen molar-refractivity contribution in [2.75, 3.05) is 20.6 Å². The van der Waals surface area contributed by atoms with Crippen LogP contribution in [0.5, 0.6) is 11.5 Å². The Bertz CT molecular complexity index is 535. The van der Waals surface area contributed by atoms with Crippen molar-refractivity contribution >= 4 is 6.21 Å².